The van der Waals surface area contributed by atoms with Crippen molar-refractivity contribution in [2.75, 3.05) is 40.1 Å². The van der Waals surface area contributed by atoms with E-state index in [1.54, 1.807) is 6.92 Å². The van der Waals surface area contributed by atoms with Crippen LogP contribution in [0.1, 0.15) is 26.2 Å². The maximum Gasteiger partial charge on any atom is 0.234 e. The Bertz CT molecular complexity index is 964. The Kier molecular flexibility index (Phi) is 9.12. The minimum Gasteiger partial charge on any atom is -0.371 e. The molecule has 0 radical (unpaired) electrons. The first kappa shape index (κ1) is 24.6. The van der Waals surface area contributed by atoms with Gasteiger partial charge in [-0.25, -0.2) is 4.39 Å². The van der Waals surface area contributed by atoms with Gasteiger partial charge in [-0.15, -0.1) is 11.8 Å². The van der Waals surface area contributed by atoms with Crippen LogP contribution in [-0.2, 0) is 14.4 Å². The van der Waals surface area contributed by atoms with Crippen molar-refractivity contribution in [2.24, 2.45) is 0 Å². The average molecular weight is 473 g/mol. The molecule has 3 N–H and O–H groups in total. The second-order valence-corrected chi connectivity index (χ2v) is 9.00. The van der Waals surface area contributed by atoms with Gasteiger partial charge in [0.05, 0.1) is 11.5 Å². The van der Waals surface area contributed by atoms with E-state index in [1.165, 1.54) is 48.9 Å². The van der Waals surface area contributed by atoms with Crippen LogP contribution in [0, 0.1) is 5.82 Å². The maximum atomic E-state index is 12.9. The lowest BCUT2D eigenvalue weighted by atomic mass is 10.2. The van der Waals surface area contributed by atoms with Gasteiger partial charge >= 0.3 is 0 Å². The van der Waals surface area contributed by atoms with Gasteiger partial charge in [0.2, 0.25) is 17.7 Å². The molecule has 0 aliphatic carbocycles. The summed E-state index contributed by atoms with van der Waals surface area (Å²) in [5.41, 5.74) is 2.34. The number of halogens is 1. The molecule has 3 rings (SSSR count). The molecule has 7 nitrogen and oxygen atoms in total. The molecule has 2 aromatic rings. The van der Waals surface area contributed by atoms with Crippen LogP contribution in [0.5, 0.6) is 0 Å². The first-order valence-electron chi connectivity index (χ1n) is 11.0. The fourth-order valence-corrected chi connectivity index (χ4v) is 4.21. The van der Waals surface area contributed by atoms with Crippen molar-refractivity contribution in [3.8, 4) is 0 Å². The van der Waals surface area contributed by atoms with Crippen LogP contribution in [0.15, 0.2) is 48.5 Å². The predicted octanol–water partition coefficient (Wildman–Crippen LogP) is 3.63. The monoisotopic (exact) mass is 472 g/mol. The van der Waals surface area contributed by atoms with Crippen molar-refractivity contribution < 1.29 is 18.8 Å². The minimum absolute atomic E-state index is 0.0903. The SMILES string of the molecule is CC(CC(=O)Nc1cccc(N2CCCC2)c1)NC(=O)CSCC(=O)Nc1ccc(F)cc1. The number of carbonyl (C=O) groups is 3. The van der Waals surface area contributed by atoms with Crippen LogP contribution in [0.25, 0.3) is 0 Å². The molecular weight excluding hydrogens is 443 g/mol. The number of hydrogen-bond acceptors (Lipinski definition) is 5. The quantitative estimate of drug-likeness (QED) is 0.491. The van der Waals surface area contributed by atoms with Crippen LogP contribution in [0.2, 0.25) is 0 Å². The van der Waals surface area contributed by atoms with Gasteiger partial charge < -0.3 is 20.9 Å². The second-order valence-electron chi connectivity index (χ2n) is 8.01. The third-order valence-electron chi connectivity index (χ3n) is 5.09. The van der Waals surface area contributed by atoms with Crippen molar-refractivity contribution in [1.82, 2.24) is 5.32 Å². The first-order chi connectivity index (χ1) is 15.9. The molecule has 1 heterocycles. The van der Waals surface area contributed by atoms with Crippen LogP contribution in [0.4, 0.5) is 21.5 Å². The number of anilines is 3. The summed E-state index contributed by atoms with van der Waals surface area (Å²) in [5.74, 6) is -0.882. The molecule has 1 unspecified atom stereocenters. The molecule has 1 atom stereocenters. The van der Waals surface area contributed by atoms with E-state index >= 15 is 0 Å². The van der Waals surface area contributed by atoms with Gasteiger partial charge in [0.25, 0.3) is 0 Å². The Hall–Kier alpha value is -3.07. The van der Waals surface area contributed by atoms with Gasteiger partial charge in [-0.05, 0) is 62.2 Å². The van der Waals surface area contributed by atoms with Crippen molar-refractivity contribution >= 4 is 46.5 Å². The summed E-state index contributed by atoms with van der Waals surface area (Å²) in [6.45, 7) is 3.84. The molecule has 0 bridgehead atoms. The van der Waals surface area contributed by atoms with Gasteiger partial charge in [-0.2, -0.15) is 0 Å². The van der Waals surface area contributed by atoms with Gasteiger partial charge in [0, 0.05) is 42.6 Å². The third-order valence-corrected chi connectivity index (χ3v) is 6.03. The smallest absolute Gasteiger partial charge is 0.234 e. The number of benzene rings is 2. The molecule has 1 aliphatic rings. The van der Waals surface area contributed by atoms with E-state index in [4.69, 9.17) is 0 Å². The lowest BCUT2D eigenvalue weighted by Crippen LogP contribution is -2.36. The van der Waals surface area contributed by atoms with Crippen LogP contribution in [-0.4, -0.2) is 48.4 Å². The Labute approximate surface area is 197 Å². The topological polar surface area (TPSA) is 90.5 Å². The molecule has 1 saturated heterocycles. The van der Waals surface area contributed by atoms with E-state index in [0.29, 0.717) is 5.69 Å². The van der Waals surface area contributed by atoms with E-state index in [-0.39, 0.29) is 47.5 Å². The second kappa shape index (κ2) is 12.2. The molecule has 0 saturated carbocycles. The van der Waals surface area contributed by atoms with Gasteiger partial charge in [-0.3, -0.25) is 14.4 Å². The summed E-state index contributed by atoms with van der Waals surface area (Å²) in [7, 11) is 0. The fraction of sp³-hybridized carbons (Fsp3) is 0.375. The standard InChI is InChI=1S/C24H29FN4O3S/c1-17(13-22(30)28-20-5-4-6-21(14-20)29-11-2-3-12-29)26-23(31)15-33-16-24(32)27-19-9-7-18(25)8-10-19/h4-10,14,17H,2-3,11-13,15-16H2,1H3,(H,26,31)(H,27,32)(H,28,30). The van der Waals surface area contributed by atoms with Crippen LogP contribution < -0.4 is 20.9 Å². The van der Waals surface area contributed by atoms with Gasteiger partial charge in [-0.1, -0.05) is 6.07 Å². The maximum absolute atomic E-state index is 12.9. The Balaban J connectivity index is 1.34. The number of thioether (sulfide) groups is 1. The van der Waals surface area contributed by atoms with E-state index < -0.39 is 0 Å². The molecule has 1 aliphatic heterocycles. The predicted molar refractivity (Wildman–Crippen MR) is 131 cm³/mol. The highest BCUT2D eigenvalue weighted by Gasteiger charge is 2.15. The first-order valence-corrected chi connectivity index (χ1v) is 12.1. The summed E-state index contributed by atoms with van der Waals surface area (Å²) in [6.07, 6.45) is 2.52. The summed E-state index contributed by atoms with van der Waals surface area (Å²) >= 11 is 1.17. The van der Waals surface area contributed by atoms with Crippen molar-refractivity contribution in [3.63, 3.8) is 0 Å². The molecule has 2 aromatic carbocycles. The normalized spacial score (nSPS) is 13.9. The van der Waals surface area contributed by atoms with E-state index in [1.807, 2.05) is 24.3 Å². The van der Waals surface area contributed by atoms with Crippen molar-refractivity contribution in [3.05, 3.63) is 54.3 Å². The zero-order valence-electron chi connectivity index (χ0n) is 18.6. The summed E-state index contributed by atoms with van der Waals surface area (Å²) in [4.78, 5) is 38.7. The van der Waals surface area contributed by atoms with E-state index in [0.717, 1.165) is 24.5 Å². The summed E-state index contributed by atoms with van der Waals surface area (Å²) in [5, 5.41) is 8.32. The average Bonchev–Trinajstić information content (AvgIpc) is 3.30. The third kappa shape index (κ3) is 8.42. The van der Waals surface area contributed by atoms with Crippen molar-refractivity contribution in [2.45, 2.75) is 32.2 Å². The zero-order chi connectivity index (χ0) is 23.6. The summed E-state index contributed by atoms with van der Waals surface area (Å²) < 4.78 is 12.9. The van der Waals surface area contributed by atoms with Crippen LogP contribution >= 0.6 is 11.8 Å². The largest absolute Gasteiger partial charge is 0.371 e. The van der Waals surface area contributed by atoms with Crippen LogP contribution in [0.3, 0.4) is 0 Å². The zero-order valence-corrected chi connectivity index (χ0v) is 19.4. The molecule has 9 heteroatoms. The number of amides is 3. The molecule has 176 valence electrons. The number of carbonyl (C=O) groups excluding carboxylic acids is 3. The van der Waals surface area contributed by atoms with Gasteiger partial charge in [0.15, 0.2) is 0 Å². The number of hydrogen-bond donors (Lipinski definition) is 3. The molecule has 0 spiro atoms. The fourth-order valence-electron chi connectivity index (χ4n) is 3.58. The van der Waals surface area contributed by atoms with Gasteiger partial charge in [0.1, 0.15) is 5.82 Å². The highest BCUT2D eigenvalue weighted by molar-refractivity contribution is 8.00. The lowest BCUT2D eigenvalue weighted by Gasteiger charge is -2.19. The summed E-state index contributed by atoms with van der Waals surface area (Å²) in [6, 6.07) is 12.9. The number of rotatable bonds is 10. The molecule has 0 aromatic heterocycles. The molecular formula is C24H29FN4O3S. The highest BCUT2D eigenvalue weighted by Crippen LogP contribution is 2.23. The number of nitrogens with zero attached hydrogens (tertiary/aromatic N) is 1. The van der Waals surface area contributed by atoms with Crippen molar-refractivity contribution in [1.29, 1.82) is 0 Å². The van der Waals surface area contributed by atoms with E-state index in [2.05, 4.69) is 20.9 Å². The Morgan fingerprint density at radius 3 is 2.33 bits per heavy atom. The molecule has 3 amide bonds. The lowest BCUT2D eigenvalue weighted by molar-refractivity contribution is -0.120. The Morgan fingerprint density at radius 1 is 0.939 bits per heavy atom. The molecule has 33 heavy (non-hydrogen) atoms. The van der Waals surface area contributed by atoms with E-state index in [9.17, 15) is 18.8 Å². The highest BCUT2D eigenvalue weighted by atomic mass is 32.2. The minimum atomic E-state index is -0.377. The molecule has 1 fully saturated rings. The number of nitrogens with one attached hydrogen (secondary N) is 3. The Morgan fingerprint density at radius 2 is 1.61 bits per heavy atom.